The predicted molar refractivity (Wildman–Crippen MR) is 71.8 cm³/mol. The Hall–Kier alpha value is -2.16. The summed E-state index contributed by atoms with van der Waals surface area (Å²) in [6.07, 6.45) is 1.34. The van der Waals surface area contributed by atoms with E-state index < -0.39 is 0 Å². The molecule has 1 aromatic carbocycles. The van der Waals surface area contributed by atoms with Crippen LogP contribution in [-0.4, -0.2) is 15.6 Å². The Balaban J connectivity index is 2.36. The lowest BCUT2D eigenvalue weighted by Crippen LogP contribution is -2.05. The standard InChI is InChI=1S/C15H16N2O/c1-4-14(18)15-11(2)16-17(12(15)3)10-13-8-6-5-7-9-13/h4-9H,1,10H2,2-3H3. The van der Waals surface area contributed by atoms with E-state index in [1.165, 1.54) is 11.6 Å². The number of benzene rings is 1. The van der Waals surface area contributed by atoms with Crippen LogP contribution < -0.4 is 0 Å². The number of hydrogen-bond acceptors (Lipinski definition) is 2. The van der Waals surface area contributed by atoms with Gasteiger partial charge in [-0.25, -0.2) is 0 Å². The van der Waals surface area contributed by atoms with Gasteiger partial charge in [-0.05, 0) is 25.5 Å². The zero-order valence-electron chi connectivity index (χ0n) is 10.7. The molecule has 0 aliphatic heterocycles. The molecular formula is C15H16N2O. The number of aryl methyl sites for hydroxylation is 1. The van der Waals surface area contributed by atoms with Gasteiger partial charge in [0.25, 0.3) is 0 Å². The lowest BCUT2D eigenvalue weighted by Gasteiger charge is -2.04. The molecule has 2 aromatic rings. The van der Waals surface area contributed by atoms with Crippen molar-refractivity contribution in [2.75, 3.05) is 0 Å². The second-order valence-corrected chi connectivity index (χ2v) is 4.26. The van der Waals surface area contributed by atoms with Crippen molar-refractivity contribution in [3.63, 3.8) is 0 Å². The molecule has 0 unspecified atom stereocenters. The van der Waals surface area contributed by atoms with E-state index in [2.05, 4.69) is 11.7 Å². The van der Waals surface area contributed by atoms with Gasteiger partial charge in [0.15, 0.2) is 5.78 Å². The number of ketones is 1. The quantitative estimate of drug-likeness (QED) is 0.608. The van der Waals surface area contributed by atoms with E-state index in [4.69, 9.17) is 0 Å². The summed E-state index contributed by atoms with van der Waals surface area (Å²) in [5.74, 6) is -0.0655. The molecule has 1 heterocycles. The maximum Gasteiger partial charge on any atom is 0.188 e. The molecule has 0 aliphatic carbocycles. The fraction of sp³-hybridized carbons (Fsp3) is 0.200. The van der Waals surface area contributed by atoms with Crippen molar-refractivity contribution < 1.29 is 4.79 Å². The molecule has 0 N–H and O–H groups in total. The number of allylic oxidation sites excluding steroid dienone is 1. The Morgan fingerprint density at radius 1 is 1.33 bits per heavy atom. The van der Waals surface area contributed by atoms with Gasteiger partial charge in [-0.15, -0.1) is 0 Å². The van der Waals surface area contributed by atoms with Crippen LogP contribution in [0.1, 0.15) is 27.3 Å². The summed E-state index contributed by atoms with van der Waals surface area (Å²) in [5.41, 5.74) is 3.48. The first-order chi connectivity index (χ1) is 8.63. The van der Waals surface area contributed by atoms with Gasteiger partial charge in [-0.1, -0.05) is 36.9 Å². The number of rotatable bonds is 4. The lowest BCUT2D eigenvalue weighted by molar-refractivity contribution is 0.104. The number of nitrogens with zero attached hydrogens (tertiary/aromatic N) is 2. The topological polar surface area (TPSA) is 34.9 Å². The maximum absolute atomic E-state index is 11.7. The van der Waals surface area contributed by atoms with Crippen molar-refractivity contribution in [3.05, 3.63) is 65.5 Å². The summed E-state index contributed by atoms with van der Waals surface area (Å²) in [4.78, 5) is 11.7. The van der Waals surface area contributed by atoms with E-state index >= 15 is 0 Å². The van der Waals surface area contributed by atoms with Gasteiger partial charge >= 0.3 is 0 Å². The number of carbonyl (C=O) groups excluding carboxylic acids is 1. The summed E-state index contributed by atoms with van der Waals surface area (Å²) >= 11 is 0. The molecule has 0 spiro atoms. The summed E-state index contributed by atoms with van der Waals surface area (Å²) in [7, 11) is 0. The van der Waals surface area contributed by atoms with Crippen molar-refractivity contribution in [2.24, 2.45) is 0 Å². The highest BCUT2D eigenvalue weighted by atomic mass is 16.1. The molecule has 0 aliphatic rings. The molecule has 3 heteroatoms. The maximum atomic E-state index is 11.7. The van der Waals surface area contributed by atoms with Gasteiger partial charge < -0.3 is 0 Å². The normalized spacial score (nSPS) is 10.3. The van der Waals surface area contributed by atoms with Crippen LogP contribution in [0.3, 0.4) is 0 Å². The lowest BCUT2D eigenvalue weighted by atomic mass is 10.1. The molecule has 92 valence electrons. The molecule has 0 fully saturated rings. The van der Waals surface area contributed by atoms with Crippen molar-refractivity contribution in [1.29, 1.82) is 0 Å². The number of aromatic nitrogens is 2. The van der Waals surface area contributed by atoms with Crippen LogP contribution in [-0.2, 0) is 6.54 Å². The van der Waals surface area contributed by atoms with E-state index in [1.54, 1.807) is 0 Å². The fourth-order valence-electron chi connectivity index (χ4n) is 2.07. The Morgan fingerprint density at radius 3 is 2.61 bits per heavy atom. The molecule has 0 atom stereocenters. The van der Waals surface area contributed by atoms with E-state index in [9.17, 15) is 4.79 Å². The molecule has 3 nitrogen and oxygen atoms in total. The van der Waals surface area contributed by atoms with Gasteiger partial charge in [0.1, 0.15) is 0 Å². The average Bonchev–Trinajstić information content (AvgIpc) is 2.65. The molecule has 0 bridgehead atoms. The highest BCUT2D eigenvalue weighted by molar-refractivity contribution is 6.05. The molecule has 0 saturated heterocycles. The second-order valence-electron chi connectivity index (χ2n) is 4.26. The minimum Gasteiger partial charge on any atom is -0.289 e. The molecule has 2 rings (SSSR count). The summed E-state index contributed by atoms with van der Waals surface area (Å²) in [6, 6.07) is 10.1. The van der Waals surface area contributed by atoms with E-state index in [-0.39, 0.29) is 5.78 Å². The predicted octanol–water partition coefficient (Wildman–Crippen LogP) is 2.92. The molecule has 18 heavy (non-hydrogen) atoms. The first-order valence-corrected chi connectivity index (χ1v) is 5.88. The van der Waals surface area contributed by atoms with Gasteiger partial charge in [0.05, 0.1) is 17.8 Å². The third-order valence-corrected chi connectivity index (χ3v) is 2.99. The zero-order chi connectivity index (χ0) is 13.1. The first kappa shape index (κ1) is 12.3. The SMILES string of the molecule is C=CC(=O)c1c(C)nn(Cc2ccccc2)c1C. The largest absolute Gasteiger partial charge is 0.289 e. The Bertz CT molecular complexity index is 582. The second kappa shape index (κ2) is 5.00. The number of carbonyl (C=O) groups is 1. The Kier molecular flexibility index (Phi) is 3.42. The van der Waals surface area contributed by atoms with Crippen molar-refractivity contribution in [3.8, 4) is 0 Å². The van der Waals surface area contributed by atoms with Gasteiger partial charge in [-0.3, -0.25) is 9.48 Å². The first-order valence-electron chi connectivity index (χ1n) is 5.88. The molecule has 0 saturated carbocycles. The molecule has 0 radical (unpaired) electrons. The van der Waals surface area contributed by atoms with Gasteiger partial charge in [0, 0.05) is 5.69 Å². The van der Waals surface area contributed by atoms with Crippen LogP contribution in [0, 0.1) is 13.8 Å². The summed E-state index contributed by atoms with van der Waals surface area (Å²) in [6.45, 7) is 7.97. The van der Waals surface area contributed by atoms with Crippen LogP contribution in [0.4, 0.5) is 0 Å². The third kappa shape index (κ3) is 2.25. The smallest absolute Gasteiger partial charge is 0.188 e. The summed E-state index contributed by atoms with van der Waals surface area (Å²) < 4.78 is 1.86. The fourth-order valence-corrected chi connectivity index (χ4v) is 2.07. The minimum atomic E-state index is -0.0655. The van der Waals surface area contributed by atoms with Crippen LogP contribution >= 0.6 is 0 Å². The summed E-state index contributed by atoms with van der Waals surface area (Å²) in [5, 5.41) is 4.42. The van der Waals surface area contributed by atoms with Crippen molar-refractivity contribution in [1.82, 2.24) is 9.78 Å². The highest BCUT2D eigenvalue weighted by Crippen LogP contribution is 2.15. The highest BCUT2D eigenvalue weighted by Gasteiger charge is 2.16. The average molecular weight is 240 g/mol. The zero-order valence-corrected chi connectivity index (χ0v) is 10.7. The number of hydrogen-bond donors (Lipinski definition) is 0. The third-order valence-electron chi connectivity index (χ3n) is 2.99. The molecular weight excluding hydrogens is 224 g/mol. The van der Waals surface area contributed by atoms with E-state index in [0.29, 0.717) is 12.1 Å². The monoisotopic (exact) mass is 240 g/mol. The van der Waals surface area contributed by atoms with Crippen LogP contribution in [0.25, 0.3) is 0 Å². The minimum absolute atomic E-state index is 0.0655. The Labute approximate surface area is 107 Å². The van der Waals surface area contributed by atoms with Crippen LogP contribution in [0.15, 0.2) is 43.0 Å². The van der Waals surface area contributed by atoms with Gasteiger partial charge in [-0.2, -0.15) is 5.10 Å². The Morgan fingerprint density at radius 2 is 2.00 bits per heavy atom. The van der Waals surface area contributed by atoms with E-state index in [0.717, 1.165) is 11.4 Å². The van der Waals surface area contributed by atoms with Crippen LogP contribution in [0.2, 0.25) is 0 Å². The van der Waals surface area contributed by atoms with E-state index in [1.807, 2.05) is 48.9 Å². The van der Waals surface area contributed by atoms with Crippen molar-refractivity contribution >= 4 is 5.78 Å². The van der Waals surface area contributed by atoms with Gasteiger partial charge in [0.2, 0.25) is 0 Å². The molecule has 0 amide bonds. The van der Waals surface area contributed by atoms with Crippen molar-refractivity contribution in [2.45, 2.75) is 20.4 Å². The van der Waals surface area contributed by atoms with Crippen LogP contribution in [0.5, 0.6) is 0 Å². The molecule has 1 aromatic heterocycles.